The van der Waals surface area contributed by atoms with Crippen LogP contribution in [0.1, 0.15) is 31.4 Å². The highest BCUT2D eigenvalue weighted by Gasteiger charge is 2.17. The summed E-state index contributed by atoms with van der Waals surface area (Å²) in [6.45, 7) is 2.03. The number of carbonyl (C=O) groups excluding carboxylic acids is 1. The summed E-state index contributed by atoms with van der Waals surface area (Å²) in [5, 5.41) is 12.9. The number of rotatable bonds is 8. The molecule has 1 aromatic rings. The third-order valence-electron chi connectivity index (χ3n) is 3.20. The minimum atomic E-state index is -0.896. The third-order valence-corrected chi connectivity index (χ3v) is 3.20. The average molecular weight is 296 g/mol. The summed E-state index contributed by atoms with van der Waals surface area (Å²) in [4.78, 5) is 11.7. The Kier molecular flexibility index (Phi) is 6.98. The zero-order chi connectivity index (χ0) is 15.8. The minimum absolute atomic E-state index is 0.0692. The zero-order valence-electron chi connectivity index (χ0n) is 12.8. The molecule has 2 unspecified atom stereocenters. The molecule has 0 bridgehead atoms. The smallest absolute Gasteiger partial charge is 0.237 e. The van der Waals surface area contributed by atoms with Gasteiger partial charge in [-0.15, -0.1) is 0 Å². The quantitative estimate of drug-likeness (QED) is 0.665. The van der Waals surface area contributed by atoms with E-state index < -0.39 is 12.1 Å². The van der Waals surface area contributed by atoms with Crippen LogP contribution in [0.25, 0.3) is 0 Å². The van der Waals surface area contributed by atoms with Crippen LogP contribution >= 0.6 is 0 Å². The number of ether oxygens (including phenoxy) is 2. The lowest BCUT2D eigenvalue weighted by atomic mass is 10.1. The van der Waals surface area contributed by atoms with E-state index in [-0.39, 0.29) is 12.5 Å². The molecule has 0 saturated carbocycles. The summed E-state index contributed by atoms with van der Waals surface area (Å²) < 4.78 is 10.3. The number of hydrogen-bond donors (Lipinski definition) is 3. The van der Waals surface area contributed by atoms with Crippen molar-refractivity contribution in [3.8, 4) is 11.5 Å². The van der Waals surface area contributed by atoms with Gasteiger partial charge in [0, 0.05) is 12.1 Å². The van der Waals surface area contributed by atoms with Crippen molar-refractivity contribution in [1.82, 2.24) is 5.32 Å². The monoisotopic (exact) mass is 296 g/mol. The van der Waals surface area contributed by atoms with Crippen LogP contribution in [-0.4, -0.2) is 37.8 Å². The van der Waals surface area contributed by atoms with E-state index in [9.17, 15) is 9.90 Å². The lowest BCUT2D eigenvalue weighted by Gasteiger charge is -2.18. The number of hydrogen-bond acceptors (Lipinski definition) is 5. The molecule has 0 heterocycles. The fraction of sp³-hybridized carbons (Fsp3) is 0.533. The van der Waals surface area contributed by atoms with Crippen molar-refractivity contribution in [1.29, 1.82) is 0 Å². The Hall–Kier alpha value is -1.79. The molecule has 118 valence electrons. The number of aliphatic hydroxyl groups excluding tert-OH is 1. The SMILES string of the molecule is CCCC(N)C(=O)NCC(O)c1cc(OC)ccc1OC. The Morgan fingerprint density at radius 3 is 2.67 bits per heavy atom. The molecule has 0 aliphatic heterocycles. The minimum Gasteiger partial charge on any atom is -0.497 e. The average Bonchev–Trinajstić information content (AvgIpc) is 2.51. The first-order chi connectivity index (χ1) is 10.0. The van der Waals surface area contributed by atoms with Gasteiger partial charge < -0.3 is 25.6 Å². The molecule has 2 atom stereocenters. The first-order valence-corrected chi connectivity index (χ1v) is 6.96. The third kappa shape index (κ3) is 4.91. The molecule has 0 saturated heterocycles. The standard InChI is InChI=1S/C15H24N2O4/c1-4-5-12(16)15(19)17-9-13(18)11-8-10(20-2)6-7-14(11)21-3/h6-8,12-13,18H,4-5,9,16H2,1-3H3,(H,17,19). The maximum absolute atomic E-state index is 11.7. The largest absolute Gasteiger partial charge is 0.497 e. The number of nitrogens with two attached hydrogens (primary N) is 1. The van der Waals surface area contributed by atoms with Gasteiger partial charge in [-0.05, 0) is 24.6 Å². The predicted molar refractivity (Wildman–Crippen MR) is 80.4 cm³/mol. The number of nitrogens with one attached hydrogen (secondary N) is 1. The maximum Gasteiger partial charge on any atom is 0.237 e. The molecule has 1 aromatic carbocycles. The Morgan fingerprint density at radius 1 is 1.38 bits per heavy atom. The number of methoxy groups -OCH3 is 2. The highest BCUT2D eigenvalue weighted by Crippen LogP contribution is 2.29. The van der Waals surface area contributed by atoms with Crippen LogP contribution in [0.15, 0.2) is 18.2 Å². The number of aliphatic hydroxyl groups is 1. The van der Waals surface area contributed by atoms with Crippen molar-refractivity contribution in [2.24, 2.45) is 5.73 Å². The lowest BCUT2D eigenvalue weighted by molar-refractivity contribution is -0.123. The predicted octanol–water partition coefficient (Wildman–Crippen LogP) is 0.981. The second-order valence-corrected chi connectivity index (χ2v) is 4.76. The molecule has 1 amide bonds. The molecule has 4 N–H and O–H groups in total. The van der Waals surface area contributed by atoms with Crippen LogP contribution in [-0.2, 0) is 4.79 Å². The molecule has 21 heavy (non-hydrogen) atoms. The van der Waals surface area contributed by atoms with Gasteiger partial charge >= 0.3 is 0 Å². The van der Waals surface area contributed by atoms with Crippen molar-refractivity contribution in [2.45, 2.75) is 31.9 Å². The van der Waals surface area contributed by atoms with E-state index in [0.29, 0.717) is 23.5 Å². The van der Waals surface area contributed by atoms with Crippen LogP contribution in [0.3, 0.4) is 0 Å². The highest BCUT2D eigenvalue weighted by atomic mass is 16.5. The summed E-state index contributed by atoms with van der Waals surface area (Å²) in [5.41, 5.74) is 6.27. The van der Waals surface area contributed by atoms with E-state index >= 15 is 0 Å². The molecular formula is C15H24N2O4. The summed E-state index contributed by atoms with van der Waals surface area (Å²) in [7, 11) is 3.07. The number of carbonyl (C=O) groups is 1. The Labute approximate surface area is 125 Å². The van der Waals surface area contributed by atoms with Gasteiger partial charge in [-0.3, -0.25) is 4.79 Å². The first-order valence-electron chi connectivity index (χ1n) is 6.96. The Morgan fingerprint density at radius 2 is 2.10 bits per heavy atom. The summed E-state index contributed by atoms with van der Waals surface area (Å²) in [6, 6.07) is 4.59. The first kappa shape index (κ1) is 17.3. The maximum atomic E-state index is 11.7. The van der Waals surface area contributed by atoms with Gasteiger partial charge in [0.1, 0.15) is 11.5 Å². The van der Waals surface area contributed by atoms with Crippen molar-refractivity contribution in [3.05, 3.63) is 23.8 Å². The molecule has 6 nitrogen and oxygen atoms in total. The van der Waals surface area contributed by atoms with Gasteiger partial charge in [0.2, 0.25) is 5.91 Å². The van der Waals surface area contributed by atoms with E-state index in [1.165, 1.54) is 7.11 Å². The Bertz CT molecular complexity index is 465. The molecule has 1 rings (SSSR count). The second kappa shape index (κ2) is 8.49. The molecule has 0 fully saturated rings. The van der Waals surface area contributed by atoms with Crippen LogP contribution in [0.5, 0.6) is 11.5 Å². The number of benzene rings is 1. The van der Waals surface area contributed by atoms with Gasteiger partial charge in [0.15, 0.2) is 0 Å². The van der Waals surface area contributed by atoms with E-state index in [2.05, 4.69) is 5.32 Å². The zero-order valence-corrected chi connectivity index (χ0v) is 12.8. The van der Waals surface area contributed by atoms with E-state index in [1.54, 1.807) is 25.3 Å². The van der Waals surface area contributed by atoms with E-state index in [1.807, 2.05) is 6.92 Å². The van der Waals surface area contributed by atoms with Gasteiger partial charge in [-0.1, -0.05) is 13.3 Å². The van der Waals surface area contributed by atoms with Gasteiger partial charge in [0.25, 0.3) is 0 Å². The lowest BCUT2D eigenvalue weighted by Crippen LogP contribution is -2.42. The van der Waals surface area contributed by atoms with Gasteiger partial charge in [-0.25, -0.2) is 0 Å². The second-order valence-electron chi connectivity index (χ2n) is 4.76. The molecule has 6 heteroatoms. The molecule has 0 aliphatic carbocycles. The normalized spacial score (nSPS) is 13.4. The summed E-state index contributed by atoms with van der Waals surface area (Å²) in [6.07, 6.45) is 0.554. The molecule has 0 aliphatic rings. The number of amides is 1. The fourth-order valence-electron chi connectivity index (χ4n) is 1.98. The van der Waals surface area contributed by atoms with Crippen LogP contribution in [0.4, 0.5) is 0 Å². The van der Waals surface area contributed by atoms with Crippen LogP contribution in [0.2, 0.25) is 0 Å². The van der Waals surface area contributed by atoms with Crippen molar-refractivity contribution in [2.75, 3.05) is 20.8 Å². The van der Waals surface area contributed by atoms with E-state index in [0.717, 1.165) is 6.42 Å². The van der Waals surface area contributed by atoms with Gasteiger partial charge in [-0.2, -0.15) is 0 Å². The summed E-state index contributed by atoms with van der Waals surface area (Å²) in [5.74, 6) is 0.882. The summed E-state index contributed by atoms with van der Waals surface area (Å²) >= 11 is 0. The Balaban J connectivity index is 2.70. The van der Waals surface area contributed by atoms with Crippen molar-refractivity contribution >= 4 is 5.91 Å². The van der Waals surface area contributed by atoms with Crippen LogP contribution < -0.4 is 20.5 Å². The fourth-order valence-corrected chi connectivity index (χ4v) is 1.98. The van der Waals surface area contributed by atoms with Crippen LogP contribution in [0, 0.1) is 0 Å². The van der Waals surface area contributed by atoms with E-state index in [4.69, 9.17) is 15.2 Å². The van der Waals surface area contributed by atoms with Crippen molar-refractivity contribution in [3.63, 3.8) is 0 Å². The molecular weight excluding hydrogens is 272 g/mol. The molecule has 0 radical (unpaired) electrons. The topological polar surface area (TPSA) is 93.8 Å². The van der Waals surface area contributed by atoms with Gasteiger partial charge in [0.05, 0.1) is 26.4 Å². The molecule has 0 aromatic heterocycles. The highest BCUT2D eigenvalue weighted by molar-refractivity contribution is 5.81. The van der Waals surface area contributed by atoms with Crippen molar-refractivity contribution < 1.29 is 19.4 Å². The molecule has 0 spiro atoms.